The number of aromatic nitrogens is 1. The van der Waals surface area contributed by atoms with Crippen LogP contribution in [0.15, 0.2) is 60.5 Å². The summed E-state index contributed by atoms with van der Waals surface area (Å²) in [6.07, 6.45) is 3.23. The molecule has 0 fully saturated rings. The molecule has 1 N–H and O–H groups in total. The molecule has 1 aliphatic heterocycles. The van der Waals surface area contributed by atoms with Gasteiger partial charge in [0.2, 0.25) is 0 Å². The average Bonchev–Trinajstić information content (AvgIpc) is 3.33. The molecule has 1 aliphatic rings. The Labute approximate surface area is 189 Å². The minimum Gasteiger partial charge on any atom is -0.504 e. The molecule has 2 aromatic heterocycles. The van der Waals surface area contributed by atoms with E-state index in [9.17, 15) is 14.7 Å². The van der Waals surface area contributed by atoms with Crippen molar-refractivity contribution in [3.05, 3.63) is 77.3 Å². The van der Waals surface area contributed by atoms with E-state index in [0.29, 0.717) is 48.8 Å². The number of nitrogens with zero attached hydrogens (tertiary/aromatic N) is 2. The fraction of sp³-hybridized carbons (Fsp3) is 0.227. The Morgan fingerprint density at radius 1 is 1.45 bits per heavy atom. The number of allylic oxidation sites excluding steroid dienone is 2. The van der Waals surface area contributed by atoms with Crippen LogP contribution in [-0.4, -0.2) is 22.1 Å². The summed E-state index contributed by atoms with van der Waals surface area (Å²) in [5, 5.41) is 10.1. The van der Waals surface area contributed by atoms with Crippen molar-refractivity contribution in [2.24, 2.45) is 4.99 Å². The molecule has 9 heteroatoms. The van der Waals surface area contributed by atoms with Crippen LogP contribution in [0, 0.1) is 0 Å². The molecule has 1 aromatic carbocycles. The SMILES string of the molecule is CCOc1cc(/C=c2/sc3n(c2=O)C(c2ccco2)C(C(C)=O)=C(C)N=3)c(Br)cc1O. The van der Waals surface area contributed by atoms with Gasteiger partial charge in [0.25, 0.3) is 5.56 Å². The number of thiazole rings is 1. The van der Waals surface area contributed by atoms with Crippen LogP contribution in [0.5, 0.6) is 11.5 Å². The second-order valence-corrected chi connectivity index (χ2v) is 8.79. The predicted molar refractivity (Wildman–Crippen MR) is 120 cm³/mol. The molecule has 160 valence electrons. The van der Waals surface area contributed by atoms with Crippen LogP contribution in [0.25, 0.3) is 6.08 Å². The van der Waals surface area contributed by atoms with E-state index in [1.807, 2.05) is 6.92 Å². The minimum atomic E-state index is -0.673. The van der Waals surface area contributed by atoms with E-state index in [1.165, 1.54) is 35.2 Å². The molecule has 1 unspecified atom stereocenters. The molecule has 3 aromatic rings. The average molecular weight is 503 g/mol. The lowest BCUT2D eigenvalue weighted by Gasteiger charge is -2.22. The van der Waals surface area contributed by atoms with Crippen LogP contribution in [0.4, 0.5) is 0 Å². The smallest absolute Gasteiger partial charge is 0.271 e. The lowest BCUT2D eigenvalue weighted by Crippen LogP contribution is -2.39. The number of ether oxygens (including phenoxy) is 1. The topological polar surface area (TPSA) is 94.0 Å². The highest BCUT2D eigenvalue weighted by Crippen LogP contribution is 2.33. The molecule has 0 aliphatic carbocycles. The maximum atomic E-state index is 13.4. The van der Waals surface area contributed by atoms with Gasteiger partial charge in [-0.3, -0.25) is 14.2 Å². The van der Waals surface area contributed by atoms with E-state index in [-0.39, 0.29) is 17.1 Å². The first-order valence-corrected chi connectivity index (χ1v) is 11.1. The molecular formula is C22H19BrN2O5S. The molecule has 0 spiro atoms. The number of hydrogen-bond donors (Lipinski definition) is 1. The van der Waals surface area contributed by atoms with E-state index in [1.54, 1.807) is 31.2 Å². The van der Waals surface area contributed by atoms with Crippen molar-refractivity contribution in [1.82, 2.24) is 4.57 Å². The van der Waals surface area contributed by atoms with Gasteiger partial charge in [0.15, 0.2) is 22.1 Å². The van der Waals surface area contributed by atoms with Crippen molar-refractivity contribution in [1.29, 1.82) is 0 Å². The number of hydrogen-bond acceptors (Lipinski definition) is 7. The Hall–Kier alpha value is -2.91. The molecule has 4 rings (SSSR count). The molecule has 3 heterocycles. The van der Waals surface area contributed by atoms with E-state index < -0.39 is 6.04 Å². The van der Waals surface area contributed by atoms with E-state index in [2.05, 4.69) is 20.9 Å². The van der Waals surface area contributed by atoms with Gasteiger partial charge in [0, 0.05) is 15.7 Å². The summed E-state index contributed by atoms with van der Waals surface area (Å²) >= 11 is 4.65. The highest BCUT2D eigenvalue weighted by Gasteiger charge is 2.32. The number of phenolic OH excluding ortho intramolecular Hbond substituents is 1. The van der Waals surface area contributed by atoms with Gasteiger partial charge >= 0.3 is 0 Å². The van der Waals surface area contributed by atoms with Crippen LogP contribution in [0.1, 0.15) is 38.1 Å². The fourth-order valence-electron chi connectivity index (χ4n) is 3.57. The highest BCUT2D eigenvalue weighted by atomic mass is 79.9. The standard InChI is InChI=1S/C22H19BrN2O5S/c1-4-29-17-8-13(14(23)10-15(17)27)9-18-21(28)25-20(16-6-5-7-30-16)19(12(3)26)11(2)24-22(25)31-18/h5-10,20,27H,4H2,1-3H3/b18-9+. The predicted octanol–water partition coefficient (Wildman–Crippen LogP) is 3.28. The monoisotopic (exact) mass is 502 g/mol. The summed E-state index contributed by atoms with van der Waals surface area (Å²) < 4.78 is 13.6. The first-order chi connectivity index (χ1) is 14.8. The molecule has 0 saturated heterocycles. The zero-order valence-electron chi connectivity index (χ0n) is 17.0. The number of benzene rings is 1. The Balaban J connectivity index is 1.95. The number of halogens is 1. The van der Waals surface area contributed by atoms with Gasteiger partial charge in [-0.1, -0.05) is 27.3 Å². The Bertz CT molecular complexity index is 1380. The van der Waals surface area contributed by atoms with Crippen molar-refractivity contribution < 1.29 is 19.1 Å². The first-order valence-electron chi connectivity index (χ1n) is 9.54. The summed E-state index contributed by atoms with van der Waals surface area (Å²) in [6.45, 7) is 5.44. The largest absolute Gasteiger partial charge is 0.504 e. The number of rotatable bonds is 5. The number of phenols is 1. The van der Waals surface area contributed by atoms with Gasteiger partial charge in [0.1, 0.15) is 11.8 Å². The van der Waals surface area contributed by atoms with Crippen LogP contribution >= 0.6 is 27.3 Å². The van der Waals surface area contributed by atoms with E-state index >= 15 is 0 Å². The lowest BCUT2D eigenvalue weighted by atomic mass is 9.98. The number of ketones is 1. The van der Waals surface area contributed by atoms with Crippen LogP contribution in [-0.2, 0) is 4.79 Å². The molecular weight excluding hydrogens is 484 g/mol. The number of aromatic hydroxyl groups is 1. The third kappa shape index (κ3) is 3.79. The van der Waals surface area contributed by atoms with Crippen molar-refractivity contribution in [2.45, 2.75) is 26.8 Å². The van der Waals surface area contributed by atoms with Gasteiger partial charge in [0.05, 0.1) is 17.4 Å². The third-order valence-electron chi connectivity index (χ3n) is 4.88. The van der Waals surface area contributed by atoms with Gasteiger partial charge in [-0.25, -0.2) is 4.99 Å². The zero-order valence-corrected chi connectivity index (χ0v) is 19.4. The Morgan fingerprint density at radius 2 is 2.23 bits per heavy atom. The van der Waals surface area contributed by atoms with Crippen molar-refractivity contribution in [3.63, 3.8) is 0 Å². The maximum absolute atomic E-state index is 13.4. The van der Waals surface area contributed by atoms with Crippen molar-refractivity contribution in [2.75, 3.05) is 6.61 Å². The minimum absolute atomic E-state index is 0.00637. The molecule has 7 nitrogen and oxygen atoms in total. The molecule has 0 saturated carbocycles. The highest BCUT2D eigenvalue weighted by molar-refractivity contribution is 9.10. The van der Waals surface area contributed by atoms with E-state index in [0.717, 1.165) is 0 Å². The summed E-state index contributed by atoms with van der Waals surface area (Å²) in [7, 11) is 0. The zero-order chi connectivity index (χ0) is 22.3. The number of carbonyl (C=O) groups is 1. The van der Waals surface area contributed by atoms with Gasteiger partial charge in [-0.05, 0) is 56.7 Å². The Kier molecular flexibility index (Phi) is 5.72. The van der Waals surface area contributed by atoms with Crippen LogP contribution in [0.2, 0.25) is 0 Å². The van der Waals surface area contributed by atoms with Gasteiger partial charge in [-0.2, -0.15) is 0 Å². The first kappa shape index (κ1) is 21.3. The van der Waals surface area contributed by atoms with Gasteiger partial charge < -0.3 is 14.3 Å². The summed E-state index contributed by atoms with van der Waals surface area (Å²) in [5.74, 6) is 0.663. The Morgan fingerprint density at radius 3 is 2.87 bits per heavy atom. The lowest BCUT2D eigenvalue weighted by molar-refractivity contribution is -0.114. The van der Waals surface area contributed by atoms with Crippen molar-refractivity contribution >= 4 is 39.1 Å². The maximum Gasteiger partial charge on any atom is 0.271 e. The molecule has 31 heavy (non-hydrogen) atoms. The van der Waals surface area contributed by atoms with E-state index in [4.69, 9.17) is 9.15 Å². The number of carbonyl (C=O) groups excluding carboxylic acids is 1. The second kappa shape index (κ2) is 8.32. The third-order valence-corrected chi connectivity index (χ3v) is 6.55. The molecule has 1 atom stereocenters. The van der Waals surface area contributed by atoms with Crippen LogP contribution < -0.4 is 19.6 Å². The summed E-state index contributed by atoms with van der Waals surface area (Å²) in [4.78, 5) is 30.8. The number of furan rings is 1. The number of fused-ring (bicyclic) bond motifs is 1. The normalized spacial score (nSPS) is 16.3. The second-order valence-electron chi connectivity index (χ2n) is 6.93. The van der Waals surface area contributed by atoms with Crippen LogP contribution in [0.3, 0.4) is 0 Å². The summed E-state index contributed by atoms with van der Waals surface area (Å²) in [6, 6.07) is 5.98. The van der Waals surface area contributed by atoms with Gasteiger partial charge in [-0.15, -0.1) is 0 Å². The fourth-order valence-corrected chi connectivity index (χ4v) is 5.05. The van der Waals surface area contributed by atoms with Crippen molar-refractivity contribution in [3.8, 4) is 11.5 Å². The molecule has 0 amide bonds. The quantitative estimate of drug-likeness (QED) is 0.577. The summed E-state index contributed by atoms with van der Waals surface area (Å²) in [5.41, 5.74) is 1.38. The molecule has 0 radical (unpaired) electrons. The molecule has 0 bridgehead atoms. The number of Topliss-reactive ketones (excluding diaryl/α,β-unsaturated/α-hetero) is 1.